The molecule has 3 aliphatic rings. The Balaban J connectivity index is 0.000000963. The van der Waals surface area contributed by atoms with Crippen LogP contribution in [0.1, 0.15) is 32.1 Å². The van der Waals surface area contributed by atoms with Gasteiger partial charge in [-0.2, -0.15) is 0 Å². The number of nitrogens with one attached hydrogen (secondary N) is 1. The van der Waals surface area contributed by atoms with E-state index in [1.54, 1.807) is 0 Å². The average molecular weight is 263 g/mol. The maximum atomic E-state index is 12.3. The third-order valence-corrected chi connectivity index (χ3v) is 4.90. The molecule has 3 rings (SSSR count). The quantitative estimate of drug-likeness (QED) is 0.779. The molecular formula is C11H19ClN2OS. The summed E-state index contributed by atoms with van der Waals surface area (Å²) in [5.74, 6) is 2.29. The van der Waals surface area contributed by atoms with Gasteiger partial charge in [-0.05, 0) is 32.1 Å². The van der Waals surface area contributed by atoms with Crippen LogP contribution in [0.3, 0.4) is 0 Å². The first-order chi connectivity index (χ1) is 7.36. The van der Waals surface area contributed by atoms with E-state index in [1.165, 1.54) is 32.1 Å². The summed E-state index contributed by atoms with van der Waals surface area (Å²) in [4.78, 5) is 14.5. The Morgan fingerprint density at radius 1 is 1.19 bits per heavy atom. The van der Waals surface area contributed by atoms with Gasteiger partial charge in [-0.25, -0.2) is 0 Å². The molecule has 16 heavy (non-hydrogen) atoms. The molecule has 3 saturated heterocycles. The number of rotatable bonds is 1. The molecule has 0 aliphatic carbocycles. The molecule has 3 heterocycles. The van der Waals surface area contributed by atoms with Crippen molar-refractivity contribution >= 4 is 30.1 Å². The Bertz CT molecular complexity index is 255. The van der Waals surface area contributed by atoms with Crippen molar-refractivity contribution in [1.82, 2.24) is 10.2 Å². The Hall–Kier alpha value is 0.0700. The molecule has 92 valence electrons. The number of amides is 1. The topological polar surface area (TPSA) is 32.3 Å². The molecular weight excluding hydrogens is 244 g/mol. The molecule has 3 unspecified atom stereocenters. The first kappa shape index (κ1) is 12.5. The molecule has 5 heteroatoms. The van der Waals surface area contributed by atoms with E-state index in [4.69, 9.17) is 0 Å². The highest BCUT2D eigenvalue weighted by molar-refractivity contribution is 7.99. The lowest BCUT2D eigenvalue weighted by atomic mass is 10.0. The summed E-state index contributed by atoms with van der Waals surface area (Å²) in [5.41, 5.74) is 0. The summed E-state index contributed by atoms with van der Waals surface area (Å²) < 4.78 is 0. The van der Waals surface area contributed by atoms with Gasteiger partial charge in [0.05, 0.1) is 6.04 Å². The fraction of sp³-hybridized carbons (Fsp3) is 0.909. The predicted molar refractivity (Wildman–Crippen MR) is 69.0 cm³/mol. The highest BCUT2D eigenvalue weighted by Gasteiger charge is 2.42. The Labute approximate surface area is 107 Å². The number of hydrogen-bond donors (Lipinski definition) is 1. The zero-order valence-electron chi connectivity index (χ0n) is 9.35. The lowest BCUT2D eigenvalue weighted by Crippen LogP contribution is -2.51. The molecule has 0 saturated carbocycles. The van der Waals surface area contributed by atoms with Crippen LogP contribution in [0.4, 0.5) is 0 Å². The molecule has 3 aliphatic heterocycles. The van der Waals surface area contributed by atoms with E-state index in [9.17, 15) is 4.79 Å². The van der Waals surface area contributed by atoms with E-state index in [-0.39, 0.29) is 18.4 Å². The highest BCUT2D eigenvalue weighted by Crippen LogP contribution is 2.36. The summed E-state index contributed by atoms with van der Waals surface area (Å²) in [6.45, 7) is 0. The predicted octanol–water partition coefficient (Wildman–Crippen LogP) is 1.61. The summed E-state index contributed by atoms with van der Waals surface area (Å²) in [7, 11) is 0. The second-order valence-corrected chi connectivity index (χ2v) is 5.86. The van der Waals surface area contributed by atoms with Crippen molar-refractivity contribution in [3.8, 4) is 0 Å². The smallest absolute Gasteiger partial charge is 0.241 e. The Kier molecular flexibility index (Phi) is 4.03. The number of halogens is 1. The minimum absolute atomic E-state index is 0. The second kappa shape index (κ2) is 5.15. The number of thioether (sulfide) groups is 1. The standard InChI is InChI=1S/C11H18N2OS.ClH/c14-11(10-6-15-7-12-10)13-8-2-1-3-9(13)5-4-8;/h8-10,12H,1-7H2;1H. The summed E-state index contributed by atoms with van der Waals surface area (Å²) in [6.07, 6.45) is 6.29. The minimum atomic E-state index is 0. The van der Waals surface area contributed by atoms with E-state index in [0.717, 1.165) is 11.6 Å². The SMILES string of the molecule is Cl.O=C(C1CSCN1)N1C2CCCC1CC2. The van der Waals surface area contributed by atoms with Crippen LogP contribution in [0.2, 0.25) is 0 Å². The van der Waals surface area contributed by atoms with Gasteiger partial charge in [-0.15, -0.1) is 24.2 Å². The third-order valence-electron chi connectivity index (χ3n) is 3.96. The average Bonchev–Trinajstić information content (AvgIpc) is 2.85. The van der Waals surface area contributed by atoms with Gasteiger partial charge >= 0.3 is 0 Å². The molecule has 0 radical (unpaired) electrons. The number of fused-ring (bicyclic) bond motifs is 2. The maximum absolute atomic E-state index is 12.3. The first-order valence-electron chi connectivity index (χ1n) is 5.99. The fourth-order valence-corrected chi connectivity index (χ4v) is 4.14. The van der Waals surface area contributed by atoms with Gasteiger partial charge in [-0.3, -0.25) is 10.1 Å². The van der Waals surface area contributed by atoms with Crippen molar-refractivity contribution in [3.63, 3.8) is 0 Å². The van der Waals surface area contributed by atoms with E-state index in [1.807, 2.05) is 11.8 Å². The normalized spacial score (nSPS) is 37.2. The second-order valence-electron chi connectivity index (χ2n) is 4.83. The van der Waals surface area contributed by atoms with Gasteiger partial charge in [0.2, 0.25) is 5.91 Å². The van der Waals surface area contributed by atoms with E-state index < -0.39 is 0 Å². The number of nitrogens with zero attached hydrogens (tertiary/aromatic N) is 1. The monoisotopic (exact) mass is 262 g/mol. The number of carbonyl (C=O) groups excluding carboxylic acids is 1. The van der Waals surface area contributed by atoms with Crippen molar-refractivity contribution in [2.75, 3.05) is 11.6 Å². The minimum Gasteiger partial charge on any atom is -0.335 e. The molecule has 2 bridgehead atoms. The van der Waals surface area contributed by atoms with E-state index in [2.05, 4.69) is 10.2 Å². The van der Waals surface area contributed by atoms with Crippen molar-refractivity contribution in [2.45, 2.75) is 50.2 Å². The molecule has 1 N–H and O–H groups in total. The van der Waals surface area contributed by atoms with Gasteiger partial charge in [0.15, 0.2) is 0 Å². The van der Waals surface area contributed by atoms with Crippen LogP contribution in [0.15, 0.2) is 0 Å². The number of carbonyl (C=O) groups is 1. The summed E-state index contributed by atoms with van der Waals surface area (Å²) in [5, 5.41) is 3.29. The first-order valence-corrected chi connectivity index (χ1v) is 7.15. The van der Waals surface area contributed by atoms with Crippen LogP contribution in [0.25, 0.3) is 0 Å². The van der Waals surface area contributed by atoms with Gasteiger partial charge in [0.1, 0.15) is 0 Å². The van der Waals surface area contributed by atoms with Crippen LogP contribution in [0, 0.1) is 0 Å². The lowest BCUT2D eigenvalue weighted by Gasteiger charge is -2.36. The van der Waals surface area contributed by atoms with Gasteiger partial charge in [-0.1, -0.05) is 0 Å². The molecule has 3 nitrogen and oxygen atoms in total. The zero-order chi connectivity index (χ0) is 10.3. The zero-order valence-corrected chi connectivity index (χ0v) is 11.0. The van der Waals surface area contributed by atoms with E-state index >= 15 is 0 Å². The van der Waals surface area contributed by atoms with Crippen LogP contribution in [-0.4, -0.2) is 40.6 Å². The van der Waals surface area contributed by atoms with Crippen molar-refractivity contribution < 1.29 is 4.79 Å². The third kappa shape index (κ3) is 2.07. The Morgan fingerprint density at radius 3 is 2.44 bits per heavy atom. The van der Waals surface area contributed by atoms with Crippen LogP contribution < -0.4 is 5.32 Å². The molecule has 0 spiro atoms. The molecule has 0 aromatic carbocycles. The van der Waals surface area contributed by atoms with Gasteiger partial charge in [0.25, 0.3) is 0 Å². The van der Waals surface area contributed by atoms with Crippen LogP contribution >= 0.6 is 24.2 Å². The molecule has 3 fully saturated rings. The molecule has 0 aromatic rings. The van der Waals surface area contributed by atoms with Crippen molar-refractivity contribution in [2.24, 2.45) is 0 Å². The largest absolute Gasteiger partial charge is 0.335 e. The van der Waals surface area contributed by atoms with Crippen molar-refractivity contribution in [3.05, 3.63) is 0 Å². The summed E-state index contributed by atoms with van der Waals surface area (Å²) in [6, 6.07) is 1.25. The molecule has 0 aromatic heterocycles. The molecule has 3 atom stereocenters. The molecule has 1 amide bonds. The fourth-order valence-electron chi connectivity index (χ4n) is 3.21. The van der Waals surface area contributed by atoms with Gasteiger partial charge < -0.3 is 4.90 Å². The van der Waals surface area contributed by atoms with Crippen LogP contribution in [0.5, 0.6) is 0 Å². The van der Waals surface area contributed by atoms with Crippen LogP contribution in [-0.2, 0) is 4.79 Å². The highest BCUT2D eigenvalue weighted by atomic mass is 35.5. The maximum Gasteiger partial charge on any atom is 0.241 e. The van der Waals surface area contributed by atoms with Gasteiger partial charge in [0, 0.05) is 23.7 Å². The Morgan fingerprint density at radius 2 is 1.88 bits per heavy atom. The lowest BCUT2D eigenvalue weighted by molar-refractivity contribution is -0.137. The van der Waals surface area contributed by atoms with E-state index in [0.29, 0.717) is 18.0 Å². The number of piperidine rings is 1. The summed E-state index contributed by atoms with van der Waals surface area (Å²) >= 11 is 1.84. The number of hydrogen-bond acceptors (Lipinski definition) is 3. The van der Waals surface area contributed by atoms with Crippen molar-refractivity contribution in [1.29, 1.82) is 0 Å².